The summed E-state index contributed by atoms with van der Waals surface area (Å²) in [6.45, 7) is 9.82. The molecule has 1 aromatic carbocycles. The summed E-state index contributed by atoms with van der Waals surface area (Å²) < 4.78 is 7.66. The third-order valence-electron chi connectivity index (χ3n) is 4.41. The van der Waals surface area contributed by atoms with E-state index in [1.807, 2.05) is 19.9 Å². The number of nitrogens with zero attached hydrogens (tertiary/aromatic N) is 1. The van der Waals surface area contributed by atoms with E-state index in [9.17, 15) is 9.59 Å². The smallest absolute Gasteiger partial charge is 0.265 e. The lowest BCUT2D eigenvalue weighted by atomic mass is 10.2. The minimum atomic E-state index is -0.519. The Morgan fingerprint density at radius 3 is 2.64 bits per heavy atom. The predicted molar refractivity (Wildman–Crippen MR) is 97.4 cm³/mol. The zero-order valence-corrected chi connectivity index (χ0v) is 15.1. The molecule has 0 aliphatic carbocycles. The van der Waals surface area contributed by atoms with Crippen molar-refractivity contribution in [2.75, 3.05) is 10.6 Å². The number of ether oxygens (including phenoxy) is 1. The van der Waals surface area contributed by atoms with Crippen LogP contribution in [0.1, 0.15) is 48.6 Å². The van der Waals surface area contributed by atoms with Crippen LogP contribution in [0.2, 0.25) is 0 Å². The summed E-state index contributed by atoms with van der Waals surface area (Å²) in [7, 11) is 0. The molecular formula is C19H23N3O3. The van der Waals surface area contributed by atoms with Crippen molar-refractivity contribution < 1.29 is 14.3 Å². The molecule has 0 spiro atoms. The second-order valence-electron chi connectivity index (χ2n) is 6.66. The minimum Gasteiger partial charge on any atom is -0.479 e. The quantitative estimate of drug-likeness (QED) is 0.895. The zero-order valence-electron chi connectivity index (χ0n) is 15.1. The highest BCUT2D eigenvalue weighted by Crippen LogP contribution is 2.32. The first-order chi connectivity index (χ1) is 11.8. The van der Waals surface area contributed by atoms with Crippen molar-refractivity contribution in [3.05, 3.63) is 41.2 Å². The van der Waals surface area contributed by atoms with Gasteiger partial charge in [0.05, 0.1) is 11.3 Å². The highest BCUT2D eigenvalue weighted by Gasteiger charge is 2.24. The molecule has 0 saturated heterocycles. The molecule has 2 N–H and O–H groups in total. The molecule has 0 bridgehead atoms. The number of benzene rings is 1. The van der Waals surface area contributed by atoms with Crippen molar-refractivity contribution >= 4 is 23.2 Å². The molecule has 6 heteroatoms. The van der Waals surface area contributed by atoms with Gasteiger partial charge in [-0.2, -0.15) is 0 Å². The first kappa shape index (κ1) is 17.1. The van der Waals surface area contributed by atoms with Crippen molar-refractivity contribution in [2.45, 2.75) is 46.8 Å². The van der Waals surface area contributed by atoms with Gasteiger partial charge < -0.3 is 19.9 Å². The van der Waals surface area contributed by atoms with Gasteiger partial charge in [-0.15, -0.1) is 0 Å². The molecular weight excluding hydrogens is 318 g/mol. The van der Waals surface area contributed by atoms with Crippen molar-refractivity contribution in [2.24, 2.45) is 0 Å². The summed E-state index contributed by atoms with van der Waals surface area (Å²) in [4.78, 5) is 24.4. The minimum absolute atomic E-state index is 0.170. The standard InChI is InChI=1S/C19H23N3O3/c1-10(2)22-11(3)8-15(12(22)4)19(24)20-14-6-7-17-16(9-14)21-18(23)13(5)25-17/h6-10,13H,1-5H3,(H,20,24)(H,21,23)/t13-/m1/s1. The van der Waals surface area contributed by atoms with E-state index in [-0.39, 0.29) is 11.8 Å². The summed E-state index contributed by atoms with van der Waals surface area (Å²) in [5, 5.41) is 5.68. The van der Waals surface area contributed by atoms with Crippen LogP contribution in [0.15, 0.2) is 24.3 Å². The number of anilines is 2. The summed E-state index contributed by atoms with van der Waals surface area (Å²) in [6.07, 6.45) is -0.519. The van der Waals surface area contributed by atoms with Gasteiger partial charge in [-0.25, -0.2) is 0 Å². The van der Waals surface area contributed by atoms with Crippen LogP contribution in [0.3, 0.4) is 0 Å². The highest BCUT2D eigenvalue weighted by molar-refractivity contribution is 6.06. The molecule has 25 heavy (non-hydrogen) atoms. The summed E-state index contributed by atoms with van der Waals surface area (Å²) >= 11 is 0. The highest BCUT2D eigenvalue weighted by atomic mass is 16.5. The SMILES string of the molecule is Cc1cc(C(=O)Nc2ccc3c(c2)NC(=O)[C@@H](C)O3)c(C)n1C(C)C. The lowest BCUT2D eigenvalue weighted by Gasteiger charge is -2.23. The second-order valence-corrected chi connectivity index (χ2v) is 6.66. The van der Waals surface area contributed by atoms with E-state index in [1.165, 1.54) is 0 Å². The maximum Gasteiger partial charge on any atom is 0.265 e. The van der Waals surface area contributed by atoms with Gasteiger partial charge in [-0.1, -0.05) is 0 Å². The van der Waals surface area contributed by atoms with Crippen LogP contribution in [0.5, 0.6) is 5.75 Å². The summed E-state index contributed by atoms with van der Waals surface area (Å²) in [5.74, 6) is 0.232. The van der Waals surface area contributed by atoms with E-state index < -0.39 is 6.10 Å². The van der Waals surface area contributed by atoms with Gasteiger partial charge in [0.15, 0.2) is 6.10 Å². The van der Waals surface area contributed by atoms with Crippen molar-refractivity contribution in [3.8, 4) is 5.75 Å². The average molecular weight is 341 g/mol. The van der Waals surface area contributed by atoms with E-state index in [4.69, 9.17) is 4.74 Å². The van der Waals surface area contributed by atoms with Gasteiger partial charge >= 0.3 is 0 Å². The molecule has 0 fully saturated rings. The largest absolute Gasteiger partial charge is 0.479 e. The summed E-state index contributed by atoms with van der Waals surface area (Å²) in [5.41, 5.74) is 3.81. The number of amides is 2. The number of fused-ring (bicyclic) bond motifs is 1. The Balaban J connectivity index is 1.84. The van der Waals surface area contributed by atoms with E-state index in [2.05, 4.69) is 29.0 Å². The van der Waals surface area contributed by atoms with Gasteiger partial charge in [0.1, 0.15) is 5.75 Å². The number of rotatable bonds is 3. The van der Waals surface area contributed by atoms with Gasteiger partial charge in [-0.05, 0) is 58.9 Å². The number of aromatic nitrogens is 1. The molecule has 132 valence electrons. The third-order valence-corrected chi connectivity index (χ3v) is 4.41. The number of aryl methyl sites for hydroxylation is 1. The van der Waals surface area contributed by atoms with E-state index in [1.54, 1.807) is 25.1 Å². The van der Waals surface area contributed by atoms with Crippen LogP contribution in [0, 0.1) is 13.8 Å². The first-order valence-corrected chi connectivity index (χ1v) is 8.39. The molecule has 0 saturated carbocycles. The number of hydrogen-bond acceptors (Lipinski definition) is 3. The van der Waals surface area contributed by atoms with Gasteiger partial charge in [0, 0.05) is 23.1 Å². The topological polar surface area (TPSA) is 72.4 Å². The molecule has 0 radical (unpaired) electrons. The molecule has 3 rings (SSSR count). The van der Waals surface area contributed by atoms with Crippen LogP contribution in [0.25, 0.3) is 0 Å². The fourth-order valence-corrected chi connectivity index (χ4v) is 3.29. The van der Waals surface area contributed by atoms with Crippen molar-refractivity contribution in [1.29, 1.82) is 0 Å². The average Bonchev–Trinajstić information content (AvgIpc) is 2.83. The monoisotopic (exact) mass is 341 g/mol. The Morgan fingerprint density at radius 2 is 2.00 bits per heavy atom. The lowest BCUT2D eigenvalue weighted by molar-refractivity contribution is -0.122. The van der Waals surface area contributed by atoms with E-state index in [0.29, 0.717) is 28.7 Å². The number of nitrogens with one attached hydrogen (secondary N) is 2. The van der Waals surface area contributed by atoms with Crippen LogP contribution >= 0.6 is 0 Å². The molecule has 1 atom stereocenters. The maximum atomic E-state index is 12.7. The van der Waals surface area contributed by atoms with Gasteiger partial charge in [-0.3, -0.25) is 9.59 Å². The predicted octanol–water partition coefficient (Wildman–Crippen LogP) is 3.66. The molecule has 1 aliphatic heterocycles. The van der Waals surface area contributed by atoms with E-state index >= 15 is 0 Å². The molecule has 1 aromatic heterocycles. The Hall–Kier alpha value is -2.76. The maximum absolute atomic E-state index is 12.7. The normalized spacial score (nSPS) is 16.2. The Bertz CT molecular complexity index is 852. The number of hydrogen-bond donors (Lipinski definition) is 2. The number of carbonyl (C=O) groups excluding carboxylic acids is 2. The second kappa shape index (κ2) is 6.27. The van der Waals surface area contributed by atoms with Crippen LogP contribution < -0.4 is 15.4 Å². The zero-order chi connectivity index (χ0) is 18.3. The fraction of sp³-hybridized carbons (Fsp3) is 0.368. The van der Waals surface area contributed by atoms with Gasteiger partial charge in [0.25, 0.3) is 11.8 Å². The Kier molecular flexibility index (Phi) is 4.29. The molecule has 0 unspecified atom stereocenters. The summed E-state index contributed by atoms with van der Waals surface area (Å²) in [6, 6.07) is 7.41. The van der Waals surface area contributed by atoms with Crippen LogP contribution in [-0.4, -0.2) is 22.5 Å². The lowest BCUT2D eigenvalue weighted by Crippen LogP contribution is -2.34. The molecule has 1 aliphatic rings. The third kappa shape index (κ3) is 3.12. The number of carbonyl (C=O) groups is 2. The van der Waals surface area contributed by atoms with Gasteiger partial charge in [0.2, 0.25) is 0 Å². The van der Waals surface area contributed by atoms with Crippen LogP contribution in [0.4, 0.5) is 11.4 Å². The molecule has 6 nitrogen and oxygen atoms in total. The van der Waals surface area contributed by atoms with Crippen LogP contribution in [-0.2, 0) is 4.79 Å². The van der Waals surface area contributed by atoms with Crippen molar-refractivity contribution in [1.82, 2.24) is 4.57 Å². The molecule has 2 amide bonds. The Morgan fingerprint density at radius 1 is 1.28 bits per heavy atom. The molecule has 2 aromatic rings. The Labute approximate surface area is 147 Å². The van der Waals surface area contributed by atoms with E-state index in [0.717, 1.165) is 11.4 Å². The fourth-order valence-electron chi connectivity index (χ4n) is 3.29. The molecule has 2 heterocycles. The first-order valence-electron chi connectivity index (χ1n) is 8.39. The van der Waals surface area contributed by atoms with Crippen molar-refractivity contribution in [3.63, 3.8) is 0 Å².